The van der Waals surface area contributed by atoms with E-state index in [0.29, 0.717) is 12.0 Å². The Bertz CT molecular complexity index is 466. The summed E-state index contributed by atoms with van der Waals surface area (Å²) < 4.78 is 27.2. The zero-order chi connectivity index (χ0) is 15.5. The summed E-state index contributed by atoms with van der Waals surface area (Å²) in [4.78, 5) is 2.45. The molecule has 1 unspecified atom stereocenters. The summed E-state index contributed by atoms with van der Waals surface area (Å²) in [7, 11) is 0. The van der Waals surface area contributed by atoms with Crippen LogP contribution in [0.4, 0.5) is 8.78 Å². The molecule has 1 aromatic carbocycles. The number of rotatable bonds is 6. The van der Waals surface area contributed by atoms with Crippen molar-refractivity contribution < 1.29 is 8.78 Å². The molecule has 1 heterocycles. The van der Waals surface area contributed by atoms with Crippen LogP contribution in [0.3, 0.4) is 0 Å². The van der Waals surface area contributed by atoms with Crippen molar-refractivity contribution in [1.82, 2.24) is 4.90 Å². The Morgan fingerprint density at radius 2 is 1.81 bits per heavy atom. The Kier molecular flexibility index (Phi) is 5.33. The Morgan fingerprint density at radius 1 is 1.19 bits per heavy atom. The van der Waals surface area contributed by atoms with Crippen molar-refractivity contribution in [3.8, 4) is 0 Å². The van der Waals surface area contributed by atoms with Gasteiger partial charge in [-0.25, -0.2) is 8.78 Å². The van der Waals surface area contributed by atoms with E-state index < -0.39 is 5.82 Å². The molecule has 1 atom stereocenters. The molecule has 0 amide bonds. The van der Waals surface area contributed by atoms with Crippen LogP contribution >= 0.6 is 0 Å². The average Bonchev–Trinajstić information content (AvgIpc) is 2.99. The molecule has 0 aromatic heterocycles. The van der Waals surface area contributed by atoms with Crippen molar-refractivity contribution in [2.75, 3.05) is 13.1 Å². The van der Waals surface area contributed by atoms with Crippen LogP contribution in [0.1, 0.15) is 45.1 Å². The van der Waals surface area contributed by atoms with Gasteiger partial charge in [-0.3, -0.25) is 4.90 Å². The first-order valence-corrected chi connectivity index (χ1v) is 7.98. The lowest BCUT2D eigenvalue weighted by Crippen LogP contribution is -2.59. The Morgan fingerprint density at radius 3 is 2.38 bits per heavy atom. The van der Waals surface area contributed by atoms with Gasteiger partial charge in [-0.05, 0) is 69.0 Å². The van der Waals surface area contributed by atoms with E-state index in [9.17, 15) is 8.78 Å². The molecule has 0 bridgehead atoms. The number of likely N-dealkylation sites (tertiary alicyclic amines) is 1. The SMILES string of the molecule is CCC(CC)(C(N)Cc1cc(F)ccc1F)N1CCCC1. The predicted octanol–water partition coefficient (Wildman–Crippen LogP) is 3.49. The van der Waals surface area contributed by atoms with Crippen LogP contribution in [0.5, 0.6) is 0 Å². The van der Waals surface area contributed by atoms with Gasteiger partial charge in [-0.1, -0.05) is 13.8 Å². The first-order valence-electron chi connectivity index (χ1n) is 7.98. The highest BCUT2D eigenvalue weighted by Crippen LogP contribution is 2.32. The lowest BCUT2D eigenvalue weighted by atomic mass is 9.80. The van der Waals surface area contributed by atoms with E-state index >= 15 is 0 Å². The van der Waals surface area contributed by atoms with E-state index in [1.165, 1.54) is 25.0 Å². The summed E-state index contributed by atoms with van der Waals surface area (Å²) in [5.41, 5.74) is 6.74. The molecule has 0 spiro atoms. The number of benzene rings is 1. The van der Waals surface area contributed by atoms with Crippen molar-refractivity contribution >= 4 is 0 Å². The molecule has 2 N–H and O–H groups in total. The third-order valence-corrected chi connectivity index (χ3v) is 5.10. The fourth-order valence-corrected chi connectivity index (χ4v) is 3.75. The first kappa shape index (κ1) is 16.4. The fourth-order valence-electron chi connectivity index (χ4n) is 3.75. The van der Waals surface area contributed by atoms with Gasteiger partial charge in [0.2, 0.25) is 0 Å². The minimum Gasteiger partial charge on any atom is -0.326 e. The van der Waals surface area contributed by atoms with Gasteiger partial charge in [-0.2, -0.15) is 0 Å². The topological polar surface area (TPSA) is 29.3 Å². The Hall–Kier alpha value is -1.00. The third-order valence-electron chi connectivity index (χ3n) is 5.10. The molecule has 0 aliphatic carbocycles. The summed E-state index contributed by atoms with van der Waals surface area (Å²) in [5.74, 6) is -0.771. The van der Waals surface area contributed by atoms with E-state index in [0.717, 1.165) is 32.0 Å². The molecule has 4 heteroatoms. The van der Waals surface area contributed by atoms with Crippen LogP contribution < -0.4 is 5.73 Å². The number of nitrogens with two attached hydrogens (primary N) is 1. The van der Waals surface area contributed by atoms with Crippen molar-refractivity contribution in [3.05, 3.63) is 35.4 Å². The summed E-state index contributed by atoms with van der Waals surface area (Å²) in [6.45, 7) is 6.40. The molecule has 118 valence electrons. The fraction of sp³-hybridized carbons (Fsp3) is 0.647. The maximum Gasteiger partial charge on any atom is 0.126 e. The van der Waals surface area contributed by atoms with Gasteiger partial charge in [0.25, 0.3) is 0 Å². The largest absolute Gasteiger partial charge is 0.326 e. The number of hydrogen-bond acceptors (Lipinski definition) is 2. The molecular formula is C17H26F2N2. The zero-order valence-corrected chi connectivity index (χ0v) is 13.0. The minimum atomic E-state index is -0.404. The molecule has 0 saturated carbocycles. The standard InChI is InChI=1S/C17H26F2N2/c1-3-17(4-2,21-9-5-6-10-21)16(20)12-13-11-14(18)7-8-15(13)19/h7-8,11,16H,3-6,9-10,12,20H2,1-2H3. The number of halogens is 2. The lowest BCUT2D eigenvalue weighted by Gasteiger charge is -2.45. The molecular weight excluding hydrogens is 270 g/mol. The second kappa shape index (κ2) is 6.84. The Balaban J connectivity index is 2.22. The molecule has 1 fully saturated rings. The normalized spacial score (nSPS) is 18.1. The van der Waals surface area contributed by atoms with Gasteiger partial charge >= 0.3 is 0 Å². The van der Waals surface area contributed by atoms with Crippen LogP contribution in [0.2, 0.25) is 0 Å². The Labute approximate surface area is 126 Å². The van der Waals surface area contributed by atoms with E-state index in [1.54, 1.807) is 0 Å². The van der Waals surface area contributed by atoms with Crippen LogP contribution in [-0.2, 0) is 6.42 Å². The maximum absolute atomic E-state index is 13.9. The van der Waals surface area contributed by atoms with E-state index in [2.05, 4.69) is 18.7 Å². The van der Waals surface area contributed by atoms with E-state index in [-0.39, 0.29) is 17.4 Å². The van der Waals surface area contributed by atoms with Crippen molar-refractivity contribution in [3.63, 3.8) is 0 Å². The number of nitrogens with zero attached hydrogens (tertiary/aromatic N) is 1. The molecule has 1 saturated heterocycles. The molecule has 1 aliphatic heterocycles. The van der Waals surface area contributed by atoms with Gasteiger partial charge in [-0.15, -0.1) is 0 Å². The van der Waals surface area contributed by atoms with Gasteiger partial charge in [0.1, 0.15) is 11.6 Å². The molecule has 2 nitrogen and oxygen atoms in total. The highest BCUT2D eigenvalue weighted by atomic mass is 19.1. The highest BCUT2D eigenvalue weighted by Gasteiger charge is 2.40. The predicted molar refractivity (Wildman–Crippen MR) is 82.2 cm³/mol. The molecule has 1 aliphatic rings. The third kappa shape index (κ3) is 3.27. The van der Waals surface area contributed by atoms with Crippen LogP contribution in [-0.4, -0.2) is 29.6 Å². The summed E-state index contributed by atoms with van der Waals surface area (Å²) in [6, 6.07) is 3.42. The van der Waals surface area contributed by atoms with Crippen molar-refractivity contribution in [2.45, 2.75) is 57.5 Å². The van der Waals surface area contributed by atoms with Gasteiger partial charge < -0.3 is 5.73 Å². The smallest absolute Gasteiger partial charge is 0.126 e. The highest BCUT2D eigenvalue weighted by molar-refractivity contribution is 5.21. The second-order valence-electron chi connectivity index (χ2n) is 6.05. The zero-order valence-electron chi connectivity index (χ0n) is 13.0. The summed E-state index contributed by atoms with van der Waals surface area (Å²) in [5, 5.41) is 0. The summed E-state index contributed by atoms with van der Waals surface area (Å²) in [6.07, 6.45) is 4.64. The lowest BCUT2D eigenvalue weighted by molar-refractivity contribution is 0.0765. The molecule has 0 radical (unpaired) electrons. The van der Waals surface area contributed by atoms with E-state index in [1.807, 2.05) is 0 Å². The number of hydrogen-bond donors (Lipinski definition) is 1. The molecule has 21 heavy (non-hydrogen) atoms. The van der Waals surface area contributed by atoms with Crippen LogP contribution in [0.15, 0.2) is 18.2 Å². The van der Waals surface area contributed by atoms with Crippen LogP contribution in [0, 0.1) is 11.6 Å². The van der Waals surface area contributed by atoms with E-state index in [4.69, 9.17) is 5.73 Å². The maximum atomic E-state index is 13.9. The molecule has 1 aromatic rings. The van der Waals surface area contributed by atoms with Gasteiger partial charge in [0.15, 0.2) is 0 Å². The summed E-state index contributed by atoms with van der Waals surface area (Å²) >= 11 is 0. The van der Waals surface area contributed by atoms with Gasteiger partial charge in [0.05, 0.1) is 0 Å². The van der Waals surface area contributed by atoms with Gasteiger partial charge in [0, 0.05) is 11.6 Å². The average molecular weight is 296 g/mol. The minimum absolute atomic E-state index is 0.116. The quantitative estimate of drug-likeness (QED) is 0.870. The second-order valence-corrected chi connectivity index (χ2v) is 6.05. The molecule has 2 rings (SSSR count). The van der Waals surface area contributed by atoms with Crippen molar-refractivity contribution in [2.24, 2.45) is 5.73 Å². The van der Waals surface area contributed by atoms with Crippen LogP contribution in [0.25, 0.3) is 0 Å². The first-order chi connectivity index (χ1) is 10.0. The monoisotopic (exact) mass is 296 g/mol. The van der Waals surface area contributed by atoms with Crippen molar-refractivity contribution in [1.29, 1.82) is 0 Å².